The summed E-state index contributed by atoms with van der Waals surface area (Å²) >= 11 is 0. The molecule has 0 fully saturated rings. The van der Waals surface area contributed by atoms with E-state index in [1.807, 2.05) is 6.20 Å². The minimum absolute atomic E-state index is 0.171. The van der Waals surface area contributed by atoms with E-state index in [0.717, 1.165) is 31.7 Å². The van der Waals surface area contributed by atoms with Crippen LogP contribution in [0.25, 0.3) is 10.9 Å². The molecule has 3 rings (SSSR count). The van der Waals surface area contributed by atoms with Crippen molar-refractivity contribution >= 4 is 10.9 Å². The molecular weight excluding hydrogens is 308 g/mol. The molecule has 2 N–H and O–H groups in total. The maximum Gasteiger partial charge on any atom is 0.119 e. The molecule has 0 saturated carbocycles. The molecular formula is C22H28N2O. The summed E-state index contributed by atoms with van der Waals surface area (Å²) in [5.41, 5.74) is 4.02. The third-order valence-corrected chi connectivity index (χ3v) is 4.25. The first kappa shape index (κ1) is 17.6. The summed E-state index contributed by atoms with van der Waals surface area (Å²) in [4.78, 5) is 3.27. The fourth-order valence-corrected chi connectivity index (χ4v) is 2.95. The van der Waals surface area contributed by atoms with Crippen molar-refractivity contribution < 1.29 is 4.74 Å². The Morgan fingerprint density at radius 1 is 1.00 bits per heavy atom. The van der Waals surface area contributed by atoms with Gasteiger partial charge in [-0.2, -0.15) is 0 Å². The lowest BCUT2D eigenvalue weighted by Gasteiger charge is -2.20. The Morgan fingerprint density at radius 3 is 2.56 bits per heavy atom. The molecule has 0 aliphatic heterocycles. The molecule has 0 spiro atoms. The van der Waals surface area contributed by atoms with Crippen LogP contribution in [0.2, 0.25) is 0 Å². The highest BCUT2D eigenvalue weighted by Gasteiger charge is 2.07. The van der Waals surface area contributed by atoms with Crippen molar-refractivity contribution in [2.24, 2.45) is 0 Å². The van der Waals surface area contributed by atoms with Gasteiger partial charge in [-0.1, -0.05) is 24.3 Å². The highest BCUT2D eigenvalue weighted by atomic mass is 16.5. The van der Waals surface area contributed by atoms with E-state index < -0.39 is 0 Å². The highest BCUT2D eigenvalue weighted by Crippen LogP contribution is 2.21. The molecule has 1 heterocycles. The number of H-pyrrole nitrogens is 1. The van der Waals surface area contributed by atoms with Crippen molar-refractivity contribution in [3.63, 3.8) is 0 Å². The molecule has 0 atom stereocenters. The molecule has 0 saturated heterocycles. The molecule has 3 nitrogen and oxygen atoms in total. The van der Waals surface area contributed by atoms with Gasteiger partial charge >= 0.3 is 0 Å². The van der Waals surface area contributed by atoms with Crippen molar-refractivity contribution in [2.45, 2.75) is 39.2 Å². The second kappa shape index (κ2) is 7.75. The Hall–Kier alpha value is -2.26. The average Bonchev–Trinajstić information content (AvgIpc) is 3.05. The summed E-state index contributed by atoms with van der Waals surface area (Å²) in [6, 6.07) is 17.0. The number of aromatic amines is 1. The number of rotatable bonds is 7. The number of benzene rings is 2. The van der Waals surface area contributed by atoms with E-state index in [9.17, 15) is 0 Å². The lowest BCUT2D eigenvalue weighted by Crippen LogP contribution is -2.36. The van der Waals surface area contributed by atoms with Gasteiger partial charge in [-0.05, 0) is 75.5 Å². The molecule has 3 aromatic rings. The Kier molecular flexibility index (Phi) is 5.44. The maximum atomic E-state index is 5.84. The molecule has 0 radical (unpaired) electrons. The van der Waals surface area contributed by atoms with Gasteiger partial charge < -0.3 is 15.0 Å². The smallest absolute Gasteiger partial charge is 0.119 e. The Labute approximate surface area is 150 Å². The number of hydrogen-bond donors (Lipinski definition) is 2. The minimum atomic E-state index is 0.171. The van der Waals surface area contributed by atoms with Crippen LogP contribution < -0.4 is 10.1 Å². The van der Waals surface area contributed by atoms with E-state index >= 15 is 0 Å². The van der Waals surface area contributed by atoms with Gasteiger partial charge in [-0.25, -0.2) is 0 Å². The second-order valence-corrected chi connectivity index (χ2v) is 7.56. The third-order valence-electron chi connectivity index (χ3n) is 4.25. The van der Waals surface area contributed by atoms with E-state index in [0.29, 0.717) is 0 Å². The van der Waals surface area contributed by atoms with E-state index in [2.05, 4.69) is 79.6 Å². The van der Waals surface area contributed by atoms with E-state index in [1.165, 1.54) is 22.0 Å². The van der Waals surface area contributed by atoms with Crippen LogP contribution in [0.4, 0.5) is 0 Å². The topological polar surface area (TPSA) is 37.0 Å². The normalized spacial score (nSPS) is 11.8. The Morgan fingerprint density at radius 2 is 1.80 bits per heavy atom. The SMILES string of the molecule is CC(C)(C)NCCCOc1ccc(Cc2cccc3[nH]ccc23)cc1. The summed E-state index contributed by atoms with van der Waals surface area (Å²) in [5, 5.41) is 4.77. The van der Waals surface area contributed by atoms with Gasteiger partial charge in [0.1, 0.15) is 5.75 Å². The monoisotopic (exact) mass is 336 g/mol. The van der Waals surface area contributed by atoms with Crippen LogP contribution in [-0.4, -0.2) is 23.7 Å². The molecule has 1 aromatic heterocycles. The molecule has 25 heavy (non-hydrogen) atoms. The molecule has 0 bridgehead atoms. The molecule has 0 aliphatic rings. The van der Waals surface area contributed by atoms with Gasteiger partial charge in [0.15, 0.2) is 0 Å². The van der Waals surface area contributed by atoms with Crippen LogP contribution in [-0.2, 0) is 6.42 Å². The first-order valence-corrected chi connectivity index (χ1v) is 9.03. The average molecular weight is 336 g/mol. The number of hydrogen-bond acceptors (Lipinski definition) is 2. The lowest BCUT2D eigenvalue weighted by molar-refractivity contribution is 0.298. The first-order valence-electron chi connectivity index (χ1n) is 9.03. The number of fused-ring (bicyclic) bond motifs is 1. The predicted molar refractivity (Wildman–Crippen MR) is 105 cm³/mol. The van der Waals surface area contributed by atoms with E-state index in [-0.39, 0.29) is 5.54 Å². The fourth-order valence-electron chi connectivity index (χ4n) is 2.95. The van der Waals surface area contributed by atoms with Crippen molar-refractivity contribution in [3.8, 4) is 5.75 Å². The maximum absolute atomic E-state index is 5.84. The molecule has 3 heteroatoms. The summed E-state index contributed by atoms with van der Waals surface area (Å²) in [7, 11) is 0. The largest absolute Gasteiger partial charge is 0.494 e. The Balaban J connectivity index is 1.51. The second-order valence-electron chi connectivity index (χ2n) is 7.56. The highest BCUT2D eigenvalue weighted by molar-refractivity contribution is 5.83. The molecule has 0 unspecified atom stereocenters. The minimum Gasteiger partial charge on any atom is -0.494 e. The number of nitrogens with one attached hydrogen (secondary N) is 2. The van der Waals surface area contributed by atoms with Gasteiger partial charge in [-0.15, -0.1) is 0 Å². The standard InChI is InChI=1S/C22H28N2O/c1-22(2,3)24-13-5-15-25-19-10-8-17(9-11-19)16-18-6-4-7-21-20(18)12-14-23-21/h4,6-12,14,23-24H,5,13,15-16H2,1-3H3. The van der Waals surface area contributed by atoms with E-state index in [4.69, 9.17) is 4.74 Å². The van der Waals surface area contributed by atoms with Gasteiger partial charge in [-0.3, -0.25) is 0 Å². The van der Waals surface area contributed by atoms with Crippen molar-refractivity contribution in [3.05, 3.63) is 65.9 Å². The van der Waals surface area contributed by atoms with Crippen LogP contribution in [0, 0.1) is 0 Å². The molecule has 2 aromatic carbocycles. The predicted octanol–water partition coefficient (Wildman–Crippen LogP) is 4.92. The summed E-state index contributed by atoms with van der Waals surface area (Å²) < 4.78 is 5.84. The van der Waals surface area contributed by atoms with Crippen molar-refractivity contribution in [1.82, 2.24) is 10.3 Å². The molecule has 0 aliphatic carbocycles. The van der Waals surface area contributed by atoms with Crippen LogP contribution in [0.3, 0.4) is 0 Å². The van der Waals surface area contributed by atoms with Crippen molar-refractivity contribution in [2.75, 3.05) is 13.2 Å². The lowest BCUT2D eigenvalue weighted by atomic mass is 10.0. The van der Waals surface area contributed by atoms with Crippen molar-refractivity contribution in [1.29, 1.82) is 0 Å². The van der Waals surface area contributed by atoms with Gasteiger partial charge in [0, 0.05) is 22.6 Å². The zero-order valence-electron chi connectivity index (χ0n) is 15.4. The first-order chi connectivity index (χ1) is 12.0. The fraction of sp³-hybridized carbons (Fsp3) is 0.364. The quantitative estimate of drug-likeness (QED) is 0.601. The van der Waals surface area contributed by atoms with Crippen LogP contribution in [0.15, 0.2) is 54.7 Å². The Bertz CT molecular complexity index is 797. The number of aromatic nitrogens is 1. The molecule has 132 valence electrons. The zero-order chi connectivity index (χ0) is 17.7. The van der Waals surface area contributed by atoms with E-state index in [1.54, 1.807) is 0 Å². The number of ether oxygens (including phenoxy) is 1. The van der Waals surface area contributed by atoms with Crippen LogP contribution in [0.1, 0.15) is 38.3 Å². The summed E-state index contributed by atoms with van der Waals surface area (Å²) in [6.07, 6.45) is 3.94. The van der Waals surface area contributed by atoms with Crippen LogP contribution in [0.5, 0.6) is 5.75 Å². The van der Waals surface area contributed by atoms with Gasteiger partial charge in [0.05, 0.1) is 6.61 Å². The van der Waals surface area contributed by atoms with Gasteiger partial charge in [0.25, 0.3) is 0 Å². The molecule has 0 amide bonds. The summed E-state index contributed by atoms with van der Waals surface area (Å²) in [5.74, 6) is 0.944. The van der Waals surface area contributed by atoms with Crippen LogP contribution >= 0.6 is 0 Å². The van der Waals surface area contributed by atoms with Gasteiger partial charge in [0.2, 0.25) is 0 Å². The zero-order valence-corrected chi connectivity index (χ0v) is 15.4. The summed E-state index contributed by atoms with van der Waals surface area (Å²) in [6.45, 7) is 8.26. The third kappa shape index (κ3) is 5.10.